The average Bonchev–Trinajstić information content (AvgIpc) is 3.11. The summed E-state index contributed by atoms with van der Waals surface area (Å²) in [6.07, 6.45) is 0. The molecule has 0 spiro atoms. The molecule has 0 saturated heterocycles. The molecule has 0 unspecified atom stereocenters. The van der Waals surface area contributed by atoms with E-state index in [9.17, 15) is 9.18 Å². The molecule has 0 aliphatic carbocycles. The van der Waals surface area contributed by atoms with Crippen molar-refractivity contribution in [2.45, 2.75) is 6.54 Å². The smallest absolute Gasteiger partial charge is 0.273 e. The summed E-state index contributed by atoms with van der Waals surface area (Å²) in [5.41, 5.74) is 6.42. The van der Waals surface area contributed by atoms with Gasteiger partial charge in [0.05, 0.1) is 5.02 Å². The summed E-state index contributed by atoms with van der Waals surface area (Å²) in [6, 6.07) is 7.44. The van der Waals surface area contributed by atoms with Gasteiger partial charge in [-0.05, 0) is 29.7 Å². The highest BCUT2D eigenvalue weighted by Crippen LogP contribution is 2.35. The quantitative estimate of drug-likeness (QED) is 0.609. The fraction of sp³-hybridized carbons (Fsp3) is 0.0625. The van der Waals surface area contributed by atoms with E-state index in [4.69, 9.17) is 33.7 Å². The Morgan fingerprint density at radius 3 is 2.81 bits per heavy atom. The number of rotatable bonds is 5. The Bertz CT molecular complexity index is 933. The number of hydrogen-bond donors (Lipinski definition) is 2. The Balaban J connectivity index is 1.80. The monoisotopic (exact) mass is 412 g/mol. The van der Waals surface area contributed by atoms with Crippen LogP contribution in [-0.4, -0.2) is 15.5 Å². The number of halogens is 3. The predicted octanol–water partition coefficient (Wildman–Crippen LogP) is 4.29. The van der Waals surface area contributed by atoms with Crippen molar-refractivity contribution in [2.24, 2.45) is 0 Å². The molecule has 0 saturated carbocycles. The first kappa shape index (κ1) is 18.4. The fourth-order valence-corrected chi connectivity index (χ4v) is 2.95. The molecule has 0 aliphatic rings. The van der Waals surface area contributed by atoms with E-state index in [1.54, 1.807) is 0 Å². The highest BCUT2D eigenvalue weighted by molar-refractivity contribution is 7.03. The van der Waals surface area contributed by atoms with Crippen LogP contribution in [0.4, 0.5) is 10.1 Å². The van der Waals surface area contributed by atoms with Crippen LogP contribution in [0, 0.1) is 5.82 Å². The Hall–Kier alpha value is -2.42. The highest BCUT2D eigenvalue weighted by Gasteiger charge is 2.17. The summed E-state index contributed by atoms with van der Waals surface area (Å²) < 4.78 is 23.9. The van der Waals surface area contributed by atoms with Crippen molar-refractivity contribution in [3.8, 4) is 11.5 Å². The molecule has 1 heterocycles. The largest absolute Gasteiger partial charge is 0.453 e. The lowest BCUT2D eigenvalue weighted by Crippen LogP contribution is -2.23. The number of benzene rings is 2. The maximum atomic E-state index is 14.8. The molecule has 26 heavy (non-hydrogen) atoms. The van der Waals surface area contributed by atoms with Gasteiger partial charge in [0.1, 0.15) is 5.75 Å². The van der Waals surface area contributed by atoms with Gasteiger partial charge in [-0.15, -0.1) is 5.10 Å². The van der Waals surface area contributed by atoms with E-state index in [2.05, 4.69) is 14.9 Å². The van der Waals surface area contributed by atoms with Gasteiger partial charge in [-0.2, -0.15) is 0 Å². The summed E-state index contributed by atoms with van der Waals surface area (Å²) in [4.78, 5) is 11.9. The van der Waals surface area contributed by atoms with Gasteiger partial charge in [-0.25, -0.2) is 4.39 Å². The Kier molecular flexibility index (Phi) is 5.55. The van der Waals surface area contributed by atoms with Gasteiger partial charge in [0, 0.05) is 34.3 Å². The summed E-state index contributed by atoms with van der Waals surface area (Å²) in [7, 11) is 0. The lowest BCUT2D eigenvalue weighted by molar-refractivity contribution is 0.0945. The summed E-state index contributed by atoms with van der Waals surface area (Å²) in [5, 5.41) is 8.11. The average molecular weight is 413 g/mol. The van der Waals surface area contributed by atoms with Gasteiger partial charge in [0.15, 0.2) is 17.3 Å². The lowest BCUT2D eigenvalue weighted by atomic mass is 10.2. The number of amides is 1. The first-order valence-corrected chi connectivity index (χ1v) is 8.79. The molecule has 6 nitrogen and oxygen atoms in total. The lowest BCUT2D eigenvalue weighted by Gasteiger charge is -2.13. The summed E-state index contributed by atoms with van der Waals surface area (Å²) in [6.45, 7) is -0.0760. The summed E-state index contributed by atoms with van der Waals surface area (Å²) >= 11 is 13.0. The van der Waals surface area contributed by atoms with Gasteiger partial charge in [0.2, 0.25) is 0 Å². The minimum atomic E-state index is -0.701. The van der Waals surface area contributed by atoms with Crippen molar-refractivity contribution in [1.82, 2.24) is 14.9 Å². The van der Waals surface area contributed by atoms with Gasteiger partial charge in [0.25, 0.3) is 5.91 Å². The number of nitrogen functional groups attached to an aromatic ring is 1. The van der Waals surface area contributed by atoms with Crippen LogP contribution < -0.4 is 15.8 Å². The summed E-state index contributed by atoms with van der Waals surface area (Å²) in [5.74, 6) is -1.10. The fourth-order valence-electron chi connectivity index (χ4n) is 2.09. The van der Waals surface area contributed by atoms with Crippen LogP contribution in [-0.2, 0) is 6.54 Å². The van der Waals surface area contributed by atoms with Crippen molar-refractivity contribution in [2.75, 3.05) is 5.73 Å². The standard InChI is InChI=1S/C16H11Cl2FN4O2S/c17-9-3-10(20)5-11(4-9)25-15-12(18)2-1-8(14(15)19)6-21-16(24)13-7-26-23-22-13/h1-5,7H,6,20H2,(H,21,24). The second-order valence-corrected chi connectivity index (χ2v) is 6.60. The number of hydrogen-bond acceptors (Lipinski definition) is 6. The van der Waals surface area contributed by atoms with Crippen LogP contribution in [0.15, 0.2) is 35.7 Å². The van der Waals surface area contributed by atoms with Gasteiger partial charge in [-0.1, -0.05) is 33.8 Å². The van der Waals surface area contributed by atoms with Crippen LogP contribution in [0.1, 0.15) is 16.1 Å². The van der Waals surface area contributed by atoms with E-state index >= 15 is 0 Å². The molecule has 0 fully saturated rings. The van der Waals surface area contributed by atoms with Crippen molar-refractivity contribution < 1.29 is 13.9 Å². The number of carbonyl (C=O) groups excluding carboxylic acids is 1. The Labute approximate surface area is 161 Å². The number of anilines is 1. The van der Waals surface area contributed by atoms with E-state index in [0.717, 1.165) is 11.5 Å². The number of nitrogens with zero attached hydrogens (tertiary/aromatic N) is 2. The normalized spacial score (nSPS) is 10.6. The van der Waals surface area contributed by atoms with Crippen molar-refractivity contribution in [3.05, 3.63) is 62.8 Å². The minimum absolute atomic E-state index is 0.0693. The maximum Gasteiger partial charge on any atom is 0.273 e. The second-order valence-electron chi connectivity index (χ2n) is 5.14. The highest BCUT2D eigenvalue weighted by atomic mass is 35.5. The molecule has 2 aromatic carbocycles. The second kappa shape index (κ2) is 7.86. The van der Waals surface area contributed by atoms with Crippen LogP contribution in [0.3, 0.4) is 0 Å². The molecule has 0 aliphatic heterocycles. The zero-order valence-electron chi connectivity index (χ0n) is 13.0. The van der Waals surface area contributed by atoms with Crippen molar-refractivity contribution >= 4 is 46.3 Å². The molecule has 134 valence electrons. The number of carbonyl (C=O) groups is 1. The van der Waals surface area contributed by atoms with Crippen molar-refractivity contribution in [3.63, 3.8) is 0 Å². The third-order valence-corrected chi connectivity index (χ3v) is 4.30. The predicted molar refractivity (Wildman–Crippen MR) is 98.4 cm³/mol. The molecule has 0 radical (unpaired) electrons. The Morgan fingerprint density at radius 2 is 2.12 bits per heavy atom. The van der Waals surface area contributed by atoms with Gasteiger partial charge >= 0.3 is 0 Å². The zero-order chi connectivity index (χ0) is 18.7. The molecule has 10 heteroatoms. The molecular weight excluding hydrogens is 402 g/mol. The number of nitrogens with two attached hydrogens (primary N) is 1. The van der Waals surface area contributed by atoms with Crippen LogP contribution in [0.5, 0.6) is 11.5 Å². The van der Waals surface area contributed by atoms with Crippen LogP contribution in [0.2, 0.25) is 10.0 Å². The van der Waals surface area contributed by atoms with E-state index < -0.39 is 11.7 Å². The molecular formula is C16H11Cl2FN4O2S. The van der Waals surface area contributed by atoms with E-state index in [0.29, 0.717) is 10.7 Å². The molecule has 0 bridgehead atoms. The number of ether oxygens (including phenoxy) is 1. The van der Waals surface area contributed by atoms with E-state index in [1.165, 1.54) is 35.7 Å². The van der Waals surface area contributed by atoms with Crippen LogP contribution >= 0.6 is 34.7 Å². The van der Waals surface area contributed by atoms with E-state index in [-0.39, 0.29) is 34.3 Å². The first-order valence-electron chi connectivity index (χ1n) is 7.20. The molecule has 0 atom stereocenters. The maximum absolute atomic E-state index is 14.8. The van der Waals surface area contributed by atoms with Gasteiger partial charge in [-0.3, -0.25) is 4.79 Å². The molecule has 3 N–H and O–H groups in total. The van der Waals surface area contributed by atoms with Gasteiger partial charge < -0.3 is 15.8 Å². The van der Waals surface area contributed by atoms with E-state index in [1.807, 2.05) is 0 Å². The molecule has 1 amide bonds. The van der Waals surface area contributed by atoms with Crippen LogP contribution in [0.25, 0.3) is 0 Å². The Morgan fingerprint density at radius 1 is 1.31 bits per heavy atom. The molecule has 3 aromatic rings. The third-order valence-electron chi connectivity index (χ3n) is 3.27. The third kappa shape index (κ3) is 4.21. The zero-order valence-corrected chi connectivity index (χ0v) is 15.3. The van der Waals surface area contributed by atoms with Crippen molar-refractivity contribution in [1.29, 1.82) is 0 Å². The molecule has 3 rings (SSSR count). The number of aromatic nitrogens is 2. The topological polar surface area (TPSA) is 90.1 Å². The number of nitrogens with one attached hydrogen (secondary N) is 1. The SMILES string of the molecule is Nc1cc(Cl)cc(Oc2c(Cl)ccc(CNC(=O)c3csnn3)c2F)c1. The minimum Gasteiger partial charge on any atom is -0.453 e. The first-order chi connectivity index (χ1) is 12.4. The molecule has 1 aromatic heterocycles.